The molecule has 0 saturated carbocycles. The molecule has 0 spiro atoms. The number of nitrogens with zero attached hydrogens (tertiary/aromatic N) is 7. The van der Waals surface area contributed by atoms with Crippen molar-refractivity contribution in [1.29, 1.82) is 0 Å². The van der Waals surface area contributed by atoms with Crippen molar-refractivity contribution in [3.63, 3.8) is 0 Å². The van der Waals surface area contributed by atoms with E-state index >= 15 is 0 Å². The maximum Gasteiger partial charge on any atom is 0.267 e. The largest absolute Gasteiger partial charge is 0.343 e. The van der Waals surface area contributed by atoms with Gasteiger partial charge >= 0.3 is 0 Å². The van der Waals surface area contributed by atoms with Gasteiger partial charge in [0.1, 0.15) is 11.8 Å². The van der Waals surface area contributed by atoms with Gasteiger partial charge in [0.05, 0.1) is 0 Å². The number of hydrogen-bond acceptors (Lipinski definition) is 6. The molecule has 0 rings (SSSR count). The van der Waals surface area contributed by atoms with Crippen LogP contribution in [0.5, 0.6) is 0 Å². The highest BCUT2D eigenvalue weighted by molar-refractivity contribution is 7.85. The fourth-order valence-electron chi connectivity index (χ4n) is 3.40. The average Bonchev–Trinajstić information content (AvgIpc) is 2.77. The molecule has 14 heteroatoms. The van der Waals surface area contributed by atoms with Crippen LogP contribution in [0.25, 0.3) is 20.9 Å². The van der Waals surface area contributed by atoms with Crippen molar-refractivity contribution in [2.75, 3.05) is 31.9 Å². The Morgan fingerprint density at radius 1 is 0.912 bits per heavy atom. The van der Waals surface area contributed by atoms with Gasteiger partial charge in [0.25, 0.3) is 10.1 Å². The van der Waals surface area contributed by atoms with Crippen LogP contribution >= 0.6 is 0 Å². The first-order valence-corrected chi connectivity index (χ1v) is 13.4. The Hall–Kier alpha value is -2.53. The van der Waals surface area contributed by atoms with Crippen molar-refractivity contribution in [2.45, 2.75) is 83.6 Å². The van der Waals surface area contributed by atoms with Crippen molar-refractivity contribution in [3.05, 3.63) is 20.9 Å². The summed E-state index contributed by atoms with van der Waals surface area (Å²) in [5.41, 5.74) is 16.9. The molecule has 0 bridgehead atoms. The van der Waals surface area contributed by atoms with Gasteiger partial charge < -0.3 is 10.2 Å². The summed E-state index contributed by atoms with van der Waals surface area (Å²) in [7, 11) is -4.57. The summed E-state index contributed by atoms with van der Waals surface area (Å²) < 4.78 is 32.1. The van der Waals surface area contributed by atoms with Crippen LogP contribution in [0.2, 0.25) is 0 Å². The molecule has 194 valence electrons. The van der Waals surface area contributed by atoms with Gasteiger partial charge in [0, 0.05) is 42.4 Å². The number of amides is 2. The van der Waals surface area contributed by atoms with Crippen LogP contribution in [0, 0.1) is 0 Å². The van der Waals surface area contributed by atoms with E-state index in [0.717, 1.165) is 24.2 Å². The van der Waals surface area contributed by atoms with Gasteiger partial charge in [-0.1, -0.05) is 74.9 Å². The molecule has 0 heterocycles. The molecular weight excluding hydrogens is 464 g/mol. The zero-order chi connectivity index (χ0) is 25.7. The van der Waals surface area contributed by atoms with Gasteiger partial charge in [0.15, 0.2) is 0 Å². The molecule has 1 atom stereocenters. The van der Waals surface area contributed by atoms with E-state index in [-0.39, 0.29) is 32.6 Å². The first-order chi connectivity index (χ1) is 16.2. The highest BCUT2D eigenvalue weighted by Gasteiger charge is 2.29. The van der Waals surface area contributed by atoms with Crippen molar-refractivity contribution in [1.82, 2.24) is 10.2 Å². The Morgan fingerprint density at radius 2 is 1.38 bits per heavy atom. The molecule has 0 aliphatic heterocycles. The third-order valence-corrected chi connectivity index (χ3v) is 5.90. The average molecular weight is 503 g/mol. The minimum absolute atomic E-state index is 0.0693. The predicted molar refractivity (Wildman–Crippen MR) is 129 cm³/mol. The maximum absolute atomic E-state index is 12.9. The Bertz CT molecular complexity index is 773. The number of rotatable bonds is 21. The van der Waals surface area contributed by atoms with Crippen molar-refractivity contribution in [3.8, 4) is 0 Å². The number of azide groups is 2. The van der Waals surface area contributed by atoms with Gasteiger partial charge in [-0.25, -0.2) is 0 Å². The topological polar surface area (TPSA) is 201 Å². The summed E-state index contributed by atoms with van der Waals surface area (Å²) in [6.45, 7) is 1.86. The first-order valence-electron chi connectivity index (χ1n) is 11.8. The SMILES string of the molecule is CCCCCCCCCCCCC(=O)N[C@H](CS(=O)(=O)O)C(=O)N(CCN=[N+]=[N-])CCN=[N+]=[N-]. The molecule has 0 aliphatic carbocycles. The Labute approximate surface area is 201 Å². The predicted octanol–water partition coefficient (Wildman–Crippen LogP) is 4.12. The van der Waals surface area contributed by atoms with E-state index in [1.54, 1.807) is 0 Å². The molecule has 0 aromatic heterocycles. The molecule has 34 heavy (non-hydrogen) atoms. The van der Waals surface area contributed by atoms with E-state index in [9.17, 15) is 22.6 Å². The summed E-state index contributed by atoms with van der Waals surface area (Å²) in [4.78, 5) is 31.5. The van der Waals surface area contributed by atoms with Gasteiger partial charge in [-0.3, -0.25) is 14.1 Å². The molecule has 0 fully saturated rings. The molecule has 0 aromatic carbocycles. The fourth-order valence-corrected chi connectivity index (χ4v) is 4.04. The number of unbranched alkanes of at least 4 members (excludes halogenated alkanes) is 9. The Kier molecular flexibility index (Phi) is 18.4. The van der Waals surface area contributed by atoms with Crippen LogP contribution in [0.4, 0.5) is 0 Å². The Balaban J connectivity index is 4.72. The lowest BCUT2D eigenvalue weighted by Gasteiger charge is -2.26. The fraction of sp³-hybridized carbons (Fsp3) is 0.900. The van der Waals surface area contributed by atoms with E-state index in [1.165, 1.54) is 38.5 Å². The number of nitrogens with one attached hydrogen (secondary N) is 1. The van der Waals surface area contributed by atoms with Crippen LogP contribution in [0.15, 0.2) is 10.2 Å². The van der Waals surface area contributed by atoms with Crippen LogP contribution < -0.4 is 5.32 Å². The van der Waals surface area contributed by atoms with Gasteiger partial charge in [-0.15, -0.1) is 0 Å². The zero-order valence-electron chi connectivity index (χ0n) is 20.0. The number of carbonyl (C=O) groups excluding carboxylic acids is 2. The molecule has 0 radical (unpaired) electrons. The lowest BCUT2D eigenvalue weighted by molar-refractivity contribution is -0.135. The van der Waals surface area contributed by atoms with Gasteiger partial charge in [-0.2, -0.15) is 8.42 Å². The standard InChI is InChI=1S/C20H38N8O5S/c1-2-3-4-5-6-7-8-9-10-11-12-19(29)25-18(17-34(31,32)33)20(30)28(15-13-23-26-21)16-14-24-27-22/h18H,2-17H2,1H3,(H,25,29)(H,31,32,33)/t18-/m1/s1. The lowest BCUT2D eigenvalue weighted by Crippen LogP contribution is -2.52. The van der Waals surface area contributed by atoms with E-state index in [1.807, 2.05) is 0 Å². The van der Waals surface area contributed by atoms with Crippen molar-refractivity contribution >= 4 is 21.9 Å². The third kappa shape index (κ3) is 18.0. The second kappa shape index (κ2) is 19.9. The zero-order valence-corrected chi connectivity index (χ0v) is 20.8. The first kappa shape index (κ1) is 31.5. The molecule has 0 unspecified atom stereocenters. The van der Waals surface area contributed by atoms with Crippen LogP contribution in [0.1, 0.15) is 77.6 Å². The van der Waals surface area contributed by atoms with E-state index in [2.05, 4.69) is 32.3 Å². The molecule has 0 aromatic rings. The second-order valence-corrected chi connectivity index (χ2v) is 9.53. The quantitative estimate of drug-likeness (QED) is 0.0779. The molecule has 0 saturated heterocycles. The van der Waals surface area contributed by atoms with E-state index in [0.29, 0.717) is 6.42 Å². The smallest absolute Gasteiger partial charge is 0.267 e. The molecule has 0 aliphatic rings. The molecule has 13 nitrogen and oxygen atoms in total. The van der Waals surface area contributed by atoms with Crippen LogP contribution in [-0.2, 0) is 19.7 Å². The Morgan fingerprint density at radius 3 is 1.82 bits per heavy atom. The summed E-state index contributed by atoms with van der Waals surface area (Å²) >= 11 is 0. The summed E-state index contributed by atoms with van der Waals surface area (Å²) in [6, 6.07) is -1.51. The number of carbonyl (C=O) groups is 2. The van der Waals surface area contributed by atoms with Crippen molar-refractivity contribution in [2.24, 2.45) is 10.2 Å². The summed E-state index contributed by atoms with van der Waals surface area (Å²) in [5, 5.41) is 9.06. The molecular formula is C20H38N8O5S. The van der Waals surface area contributed by atoms with Gasteiger partial charge in [-0.05, 0) is 17.5 Å². The van der Waals surface area contributed by atoms with Gasteiger partial charge in [0.2, 0.25) is 11.8 Å². The normalized spacial score (nSPS) is 11.7. The highest BCUT2D eigenvalue weighted by atomic mass is 32.2. The van der Waals surface area contributed by atoms with E-state index < -0.39 is 33.7 Å². The lowest BCUT2D eigenvalue weighted by atomic mass is 10.1. The highest BCUT2D eigenvalue weighted by Crippen LogP contribution is 2.11. The third-order valence-electron chi connectivity index (χ3n) is 5.15. The summed E-state index contributed by atoms with van der Waals surface area (Å²) in [5.74, 6) is -2.27. The van der Waals surface area contributed by atoms with Crippen LogP contribution in [0.3, 0.4) is 0 Å². The van der Waals surface area contributed by atoms with Crippen LogP contribution in [-0.4, -0.2) is 67.7 Å². The number of hydrogen-bond donors (Lipinski definition) is 2. The molecule has 2 N–H and O–H groups in total. The molecule has 2 amide bonds. The maximum atomic E-state index is 12.9. The summed E-state index contributed by atoms with van der Waals surface area (Å²) in [6.07, 6.45) is 11.1. The van der Waals surface area contributed by atoms with Crippen molar-refractivity contribution < 1.29 is 22.6 Å². The monoisotopic (exact) mass is 502 g/mol. The second-order valence-electron chi connectivity index (χ2n) is 8.03. The van der Waals surface area contributed by atoms with E-state index in [4.69, 9.17) is 11.1 Å². The minimum atomic E-state index is -4.57. The minimum Gasteiger partial charge on any atom is -0.343 e.